The van der Waals surface area contributed by atoms with Gasteiger partial charge < -0.3 is 20.1 Å². The fraction of sp³-hybridized carbons (Fsp3) is 0.632. The number of benzene rings is 1. The molecule has 0 aliphatic carbocycles. The lowest BCUT2D eigenvalue weighted by molar-refractivity contribution is -0.146. The van der Waals surface area contributed by atoms with E-state index in [4.69, 9.17) is 10.5 Å². The molecule has 5 atom stereocenters. The zero-order valence-electron chi connectivity index (χ0n) is 15.2. The third-order valence-corrected chi connectivity index (χ3v) is 5.92. The minimum absolute atomic E-state index is 0.0633. The van der Waals surface area contributed by atoms with Crippen LogP contribution >= 0.6 is 0 Å². The molecular formula is C19H29N3O3. The fourth-order valence-electron chi connectivity index (χ4n) is 4.20. The highest BCUT2D eigenvalue weighted by atomic mass is 16.5. The number of hydrogen-bond donors (Lipinski definition) is 3. The van der Waals surface area contributed by atoms with Crippen LogP contribution in [0.3, 0.4) is 0 Å². The van der Waals surface area contributed by atoms with Gasteiger partial charge in [0.2, 0.25) is 0 Å². The number of nitrogens with one attached hydrogen (secondary N) is 1. The molecule has 0 saturated carbocycles. The number of para-hydroxylation sites is 1. The van der Waals surface area contributed by atoms with Gasteiger partial charge in [0.1, 0.15) is 5.75 Å². The van der Waals surface area contributed by atoms with Crippen molar-refractivity contribution in [3.63, 3.8) is 0 Å². The van der Waals surface area contributed by atoms with Gasteiger partial charge >= 0.3 is 5.97 Å². The second-order valence-corrected chi connectivity index (χ2v) is 7.67. The van der Waals surface area contributed by atoms with E-state index < -0.39 is 17.6 Å². The van der Waals surface area contributed by atoms with E-state index in [-0.39, 0.29) is 17.9 Å². The van der Waals surface area contributed by atoms with Crippen LogP contribution in [0.25, 0.3) is 0 Å². The van der Waals surface area contributed by atoms with Crippen molar-refractivity contribution in [3.05, 3.63) is 29.8 Å². The van der Waals surface area contributed by atoms with Crippen molar-refractivity contribution >= 4 is 5.97 Å². The highest BCUT2D eigenvalue weighted by Gasteiger charge is 2.52. The maximum Gasteiger partial charge on any atom is 0.307 e. The molecular weight excluding hydrogens is 318 g/mol. The Balaban J connectivity index is 2.04. The van der Waals surface area contributed by atoms with Crippen molar-refractivity contribution in [2.24, 2.45) is 17.6 Å². The van der Waals surface area contributed by atoms with Crippen LogP contribution in [0.15, 0.2) is 24.3 Å². The van der Waals surface area contributed by atoms with E-state index in [2.05, 4.69) is 17.1 Å². The van der Waals surface area contributed by atoms with Gasteiger partial charge in [-0.3, -0.25) is 10.5 Å². The van der Waals surface area contributed by atoms with Crippen molar-refractivity contribution in [2.75, 3.05) is 27.2 Å². The van der Waals surface area contributed by atoms with Gasteiger partial charge in [0.25, 0.3) is 0 Å². The Labute approximate surface area is 149 Å². The Morgan fingerprint density at radius 3 is 2.88 bits per heavy atom. The van der Waals surface area contributed by atoms with Gasteiger partial charge in [-0.25, -0.2) is 0 Å². The molecule has 6 heteroatoms. The summed E-state index contributed by atoms with van der Waals surface area (Å²) in [5, 5.41) is 13.4. The maximum absolute atomic E-state index is 12.2. The predicted octanol–water partition coefficient (Wildman–Crippen LogP) is 1.47. The molecule has 2 aliphatic rings. The van der Waals surface area contributed by atoms with Crippen molar-refractivity contribution in [2.45, 2.75) is 37.5 Å². The van der Waals surface area contributed by atoms with Gasteiger partial charge in [0.15, 0.2) is 5.72 Å². The van der Waals surface area contributed by atoms with Crippen LogP contribution in [0.5, 0.6) is 5.75 Å². The molecule has 0 aromatic heterocycles. The lowest BCUT2D eigenvalue weighted by Gasteiger charge is -2.50. The molecule has 0 spiro atoms. The van der Waals surface area contributed by atoms with Gasteiger partial charge in [-0.2, -0.15) is 0 Å². The minimum atomic E-state index is -0.806. The number of piperidine rings is 1. The van der Waals surface area contributed by atoms with E-state index in [1.54, 1.807) is 0 Å². The number of carbonyl (C=O) groups is 1. The summed E-state index contributed by atoms with van der Waals surface area (Å²) in [6.07, 6.45) is 1.26. The molecule has 25 heavy (non-hydrogen) atoms. The van der Waals surface area contributed by atoms with Crippen LogP contribution in [0, 0.1) is 11.8 Å². The van der Waals surface area contributed by atoms with E-state index in [0.717, 1.165) is 17.9 Å². The molecule has 0 radical (unpaired) electrons. The molecule has 1 aromatic rings. The Hall–Kier alpha value is -1.63. The predicted molar refractivity (Wildman–Crippen MR) is 96.6 cm³/mol. The molecule has 0 bridgehead atoms. The number of carboxylic acids is 1. The monoisotopic (exact) mass is 347 g/mol. The Morgan fingerprint density at radius 1 is 1.48 bits per heavy atom. The molecule has 5 unspecified atom stereocenters. The van der Waals surface area contributed by atoms with E-state index in [9.17, 15) is 9.90 Å². The fourth-order valence-corrected chi connectivity index (χ4v) is 4.20. The van der Waals surface area contributed by atoms with Gasteiger partial charge in [0, 0.05) is 37.4 Å². The number of nitrogens with zero attached hydrogens (tertiary/aromatic N) is 1. The lowest BCUT2D eigenvalue weighted by atomic mass is 9.67. The molecule has 6 nitrogen and oxygen atoms in total. The lowest BCUT2D eigenvalue weighted by Crippen LogP contribution is -2.64. The van der Waals surface area contributed by atoms with Gasteiger partial charge in [-0.15, -0.1) is 0 Å². The molecule has 1 saturated heterocycles. The molecule has 1 fully saturated rings. The number of hydrogen-bond acceptors (Lipinski definition) is 5. The smallest absolute Gasteiger partial charge is 0.307 e. The molecule has 3 rings (SSSR count). The molecule has 138 valence electrons. The first-order chi connectivity index (χ1) is 11.8. The molecule has 2 heterocycles. The normalized spacial score (nSPS) is 30.8. The van der Waals surface area contributed by atoms with Crippen LogP contribution < -0.4 is 15.8 Å². The first-order valence-electron chi connectivity index (χ1n) is 9.00. The Kier molecular flexibility index (Phi) is 5.04. The first kappa shape index (κ1) is 18.2. The second kappa shape index (κ2) is 6.94. The van der Waals surface area contributed by atoms with Gasteiger partial charge in [-0.05, 0) is 39.1 Å². The summed E-state index contributed by atoms with van der Waals surface area (Å²) in [6, 6.07) is 7.93. The zero-order chi connectivity index (χ0) is 18.2. The summed E-state index contributed by atoms with van der Waals surface area (Å²) in [6.45, 7) is 3.53. The highest BCUT2D eigenvalue weighted by molar-refractivity contribution is 5.72. The van der Waals surface area contributed by atoms with Crippen LogP contribution in [0.4, 0.5) is 0 Å². The number of rotatable bonds is 5. The van der Waals surface area contributed by atoms with Crippen molar-refractivity contribution < 1.29 is 14.6 Å². The van der Waals surface area contributed by atoms with Crippen molar-refractivity contribution in [3.8, 4) is 5.75 Å². The SMILES string of the molecule is CC(CC(C(=O)O)C1c2ccccc2OC2(N)CCNCC12)N(C)C. The molecule has 0 amide bonds. The number of nitrogens with two attached hydrogens (primary N) is 1. The highest BCUT2D eigenvalue weighted by Crippen LogP contribution is 2.49. The van der Waals surface area contributed by atoms with Gasteiger partial charge in [0.05, 0.1) is 5.92 Å². The Morgan fingerprint density at radius 2 is 2.20 bits per heavy atom. The molecule has 4 N–H and O–H groups in total. The quantitative estimate of drug-likeness (QED) is 0.748. The van der Waals surface area contributed by atoms with Crippen LogP contribution in [-0.2, 0) is 4.79 Å². The third-order valence-electron chi connectivity index (χ3n) is 5.92. The third kappa shape index (κ3) is 3.38. The standard InChI is InChI=1S/C19H29N3O3/c1-12(22(2)3)10-14(18(23)24)17-13-6-4-5-7-16(13)25-19(20)8-9-21-11-15(17)19/h4-7,12,14-15,17,21H,8-11,20H2,1-3H3,(H,23,24). The van der Waals surface area contributed by atoms with E-state index in [1.807, 2.05) is 38.4 Å². The molecule has 2 aliphatic heterocycles. The van der Waals surface area contributed by atoms with E-state index in [1.165, 1.54) is 0 Å². The first-order valence-corrected chi connectivity index (χ1v) is 9.00. The largest absolute Gasteiger partial charge is 0.481 e. The Bertz CT molecular complexity index is 636. The topological polar surface area (TPSA) is 87.8 Å². The average Bonchev–Trinajstić information content (AvgIpc) is 2.56. The summed E-state index contributed by atoms with van der Waals surface area (Å²) in [4.78, 5) is 14.3. The maximum atomic E-state index is 12.2. The second-order valence-electron chi connectivity index (χ2n) is 7.67. The number of ether oxygens (including phenoxy) is 1. The number of aliphatic carboxylic acids is 1. The summed E-state index contributed by atoms with van der Waals surface area (Å²) in [7, 11) is 3.97. The zero-order valence-corrected chi connectivity index (χ0v) is 15.2. The van der Waals surface area contributed by atoms with Crippen LogP contribution in [0.1, 0.15) is 31.2 Å². The minimum Gasteiger partial charge on any atom is -0.481 e. The van der Waals surface area contributed by atoms with Crippen molar-refractivity contribution in [1.29, 1.82) is 0 Å². The number of carboxylic acid groups (broad SMARTS) is 1. The summed E-state index contributed by atoms with van der Waals surface area (Å²) in [5.41, 5.74) is 6.79. The molecule has 1 aromatic carbocycles. The summed E-state index contributed by atoms with van der Waals surface area (Å²) < 4.78 is 6.17. The van der Waals surface area contributed by atoms with Gasteiger partial charge in [-0.1, -0.05) is 18.2 Å². The van der Waals surface area contributed by atoms with Crippen LogP contribution in [-0.4, -0.2) is 54.9 Å². The average molecular weight is 347 g/mol. The van der Waals surface area contributed by atoms with Crippen LogP contribution in [0.2, 0.25) is 0 Å². The number of fused-ring (bicyclic) bond motifs is 2. The summed E-state index contributed by atoms with van der Waals surface area (Å²) >= 11 is 0. The van der Waals surface area contributed by atoms with Crippen molar-refractivity contribution in [1.82, 2.24) is 10.2 Å². The van der Waals surface area contributed by atoms with E-state index in [0.29, 0.717) is 19.4 Å². The van der Waals surface area contributed by atoms with E-state index >= 15 is 0 Å². The summed E-state index contributed by atoms with van der Waals surface area (Å²) in [5.74, 6) is -0.759.